The minimum atomic E-state index is -1.06. The molecule has 0 heterocycles. The molecule has 218 valence electrons. The van der Waals surface area contributed by atoms with E-state index in [0.29, 0.717) is 58.8 Å². The first kappa shape index (κ1) is 31.8. The lowest BCUT2D eigenvalue weighted by Gasteiger charge is -2.16. The van der Waals surface area contributed by atoms with Crippen molar-refractivity contribution < 1.29 is 57.7 Å². The number of rotatable bonds is 19. The van der Waals surface area contributed by atoms with Gasteiger partial charge in [-0.2, -0.15) is 0 Å². The molecule has 2 rings (SSSR count). The summed E-state index contributed by atoms with van der Waals surface area (Å²) in [5.41, 5.74) is 1.17. The topological polar surface area (TPSA) is 148 Å². The Morgan fingerprint density at radius 1 is 0.575 bits per heavy atom. The van der Waals surface area contributed by atoms with Gasteiger partial charge in [0, 0.05) is 12.2 Å². The van der Waals surface area contributed by atoms with Crippen molar-refractivity contribution in [2.24, 2.45) is 0 Å². The molecule has 0 saturated carbocycles. The molecule has 2 aromatic carbocycles. The van der Waals surface area contributed by atoms with Crippen LogP contribution in [0, 0.1) is 0 Å². The van der Waals surface area contributed by atoms with E-state index < -0.39 is 11.9 Å². The Morgan fingerprint density at radius 3 is 1.15 bits per heavy atom. The molecule has 0 unspecified atom stereocenters. The number of benzene rings is 2. The lowest BCUT2D eigenvalue weighted by molar-refractivity contribution is -0.132. The molecule has 2 aromatic rings. The predicted molar refractivity (Wildman–Crippen MR) is 145 cm³/mol. The van der Waals surface area contributed by atoms with Gasteiger partial charge in [-0.05, 0) is 47.5 Å². The van der Waals surface area contributed by atoms with Crippen LogP contribution < -0.4 is 28.4 Å². The van der Waals surface area contributed by atoms with E-state index >= 15 is 0 Å². The predicted octanol–water partition coefficient (Wildman–Crippen LogP) is 3.41. The monoisotopic (exact) mass is 562 g/mol. The molecule has 2 N–H and O–H groups in total. The van der Waals surface area contributed by atoms with Gasteiger partial charge in [-0.1, -0.05) is 0 Å². The Labute approximate surface area is 232 Å². The van der Waals surface area contributed by atoms with Crippen LogP contribution in [0.5, 0.6) is 34.5 Å². The van der Waals surface area contributed by atoms with E-state index in [9.17, 15) is 9.59 Å². The first-order chi connectivity index (χ1) is 19.3. The normalized spacial score (nSPS) is 11.0. The number of hydrogen-bond donors (Lipinski definition) is 2. The van der Waals surface area contributed by atoms with Crippen molar-refractivity contribution in [3.63, 3.8) is 0 Å². The zero-order valence-corrected chi connectivity index (χ0v) is 22.8. The quantitative estimate of drug-likeness (QED) is 0.191. The Bertz CT molecular complexity index is 1030. The van der Waals surface area contributed by atoms with E-state index in [-0.39, 0.29) is 26.4 Å². The average Bonchev–Trinajstić information content (AvgIpc) is 2.95. The van der Waals surface area contributed by atoms with Crippen molar-refractivity contribution in [3.05, 3.63) is 47.5 Å². The van der Waals surface area contributed by atoms with Gasteiger partial charge < -0.3 is 48.1 Å². The maximum Gasteiger partial charge on any atom is 0.328 e. The first-order valence-electron chi connectivity index (χ1n) is 12.1. The minimum Gasteiger partial charge on any atom is -0.493 e. The van der Waals surface area contributed by atoms with Gasteiger partial charge in [-0.3, -0.25) is 0 Å². The number of methoxy groups -OCH3 is 4. The highest BCUT2D eigenvalue weighted by Crippen LogP contribution is 2.40. The van der Waals surface area contributed by atoms with Gasteiger partial charge in [-0.15, -0.1) is 0 Å². The molecule has 0 aliphatic heterocycles. The van der Waals surface area contributed by atoms with Gasteiger partial charge in [0.1, 0.15) is 13.2 Å². The summed E-state index contributed by atoms with van der Waals surface area (Å²) >= 11 is 0. The molecule has 0 bridgehead atoms. The molecule has 0 radical (unpaired) electrons. The fourth-order valence-electron chi connectivity index (χ4n) is 3.34. The lowest BCUT2D eigenvalue weighted by atomic mass is 10.1. The zero-order valence-electron chi connectivity index (χ0n) is 22.8. The molecule has 12 nitrogen and oxygen atoms in total. The highest BCUT2D eigenvalue weighted by molar-refractivity contribution is 5.86. The smallest absolute Gasteiger partial charge is 0.328 e. The molecule has 12 heteroatoms. The third-order valence-electron chi connectivity index (χ3n) is 5.12. The van der Waals surface area contributed by atoms with E-state index in [1.54, 1.807) is 24.3 Å². The summed E-state index contributed by atoms with van der Waals surface area (Å²) in [6, 6.07) is 6.57. The number of hydrogen-bond acceptors (Lipinski definition) is 10. The highest BCUT2D eigenvalue weighted by Gasteiger charge is 2.15. The first-order valence-corrected chi connectivity index (χ1v) is 12.1. The Kier molecular flexibility index (Phi) is 13.7. The SMILES string of the molecule is COc1cc(/C=C/C(=O)O)cc(OC)c1OCCOCCOCCOc1c(OC)cc(/C=C/C(=O)O)cc1OC. The summed E-state index contributed by atoms with van der Waals surface area (Å²) < 4.78 is 44.1. The summed E-state index contributed by atoms with van der Waals surface area (Å²) in [4.78, 5) is 21.5. The van der Waals surface area contributed by atoms with Crippen LogP contribution in [-0.2, 0) is 19.1 Å². The van der Waals surface area contributed by atoms with Crippen molar-refractivity contribution in [1.29, 1.82) is 0 Å². The van der Waals surface area contributed by atoms with Gasteiger partial charge >= 0.3 is 11.9 Å². The van der Waals surface area contributed by atoms with Gasteiger partial charge in [0.25, 0.3) is 0 Å². The van der Waals surface area contributed by atoms with Crippen molar-refractivity contribution in [3.8, 4) is 34.5 Å². The van der Waals surface area contributed by atoms with Crippen LogP contribution in [0.1, 0.15) is 11.1 Å². The van der Waals surface area contributed by atoms with Crippen LogP contribution in [0.15, 0.2) is 36.4 Å². The summed E-state index contributed by atoms with van der Waals surface area (Å²) in [6.45, 7) is 1.66. The Hall–Kier alpha value is -4.42. The zero-order chi connectivity index (χ0) is 29.3. The number of aliphatic carboxylic acids is 2. The van der Waals surface area contributed by atoms with Crippen LogP contribution in [0.2, 0.25) is 0 Å². The molecule has 0 saturated heterocycles. The number of carboxylic acid groups (broad SMARTS) is 2. The Balaban J connectivity index is 1.74. The third-order valence-corrected chi connectivity index (χ3v) is 5.12. The lowest BCUT2D eigenvalue weighted by Crippen LogP contribution is -2.14. The number of carboxylic acids is 2. The molecule has 40 heavy (non-hydrogen) atoms. The molecule has 0 aromatic heterocycles. The molecule has 0 aliphatic rings. The van der Waals surface area contributed by atoms with Crippen LogP contribution >= 0.6 is 0 Å². The van der Waals surface area contributed by atoms with E-state index in [1.807, 2.05) is 0 Å². The van der Waals surface area contributed by atoms with E-state index in [2.05, 4.69) is 0 Å². The molecule has 0 fully saturated rings. The fraction of sp³-hybridized carbons (Fsp3) is 0.357. The maximum atomic E-state index is 10.8. The largest absolute Gasteiger partial charge is 0.493 e. The number of carbonyl (C=O) groups is 2. The molecular formula is C28H34O12. The second-order valence-corrected chi connectivity index (χ2v) is 7.77. The standard InChI is InChI=1S/C28H34O12/c1-33-21-15-19(5-7-25(29)30)16-22(34-2)27(21)39-13-11-37-9-10-38-12-14-40-28-23(35-3)17-20(6-8-26(31)32)18-24(28)36-4/h5-8,15-18H,9-14H2,1-4H3,(H,29,30)(H,31,32)/b7-5+,8-6+. The molecule has 0 aliphatic carbocycles. The second-order valence-electron chi connectivity index (χ2n) is 7.77. The van der Waals surface area contributed by atoms with Crippen LogP contribution in [-0.4, -0.2) is 90.2 Å². The molecular weight excluding hydrogens is 528 g/mol. The van der Waals surface area contributed by atoms with Gasteiger partial charge in [-0.25, -0.2) is 9.59 Å². The van der Waals surface area contributed by atoms with E-state index in [1.165, 1.54) is 40.6 Å². The van der Waals surface area contributed by atoms with Crippen molar-refractivity contribution in [1.82, 2.24) is 0 Å². The van der Waals surface area contributed by atoms with Crippen molar-refractivity contribution in [2.75, 3.05) is 68.1 Å². The fourth-order valence-corrected chi connectivity index (χ4v) is 3.34. The van der Waals surface area contributed by atoms with E-state index in [0.717, 1.165) is 12.2 Å². The van der Waals surface area contributed by atoms with Crippen LogP contribution in [0.25, 0.3) is 12.2 Å². The Morgan fingerprint density at radius 2 is 0.875 bits per heavy atom. The number of ether oxygens (including phenoxy) is 8. The van der Waals surface area contributed by atoms with Crippen LogP contribution in [0.3, 0.4) is 0 Å². The molecule has 0 amide bonds. The average molecular weight is 563 g/mol. The molecule has 0 spiro atoms. The third kappa shape index (κ3) is 10.4. The van der Waals surface area contributed by atoms with Crippen molar-refractivity contribution in [2.45, 2.75) is 0 Å². The highest BCUT2D eigenvalue weighted by atomic mass is 16.6. The molecule has 0 atom stereocenters. The minimum absolute atomic E-state index is 0.220. The van der Waals surface area contributed by atoms with Gasteiger partial charge in [0.15, 0.2) is 23.0 Å². The van der Waals surface area contributed by atoms with Gasteiger partial charge in [0.2, 0.25) is 11.5 Å². The summed E-state index contributed by atoms with van der Waals surface area (Å²) in [5.74, 6) is 0.217. The van der Waals surface area contributed by atoms with E-state index in [4.69, 9.17) is 48.1 Å². The maximum absolute atomic E-state index is 10.8. The second kappa shape index (κ2) is 17.2. The summed E-state index contributed by atoms with van der Waals surface area (Å²) in [7, 11) is 5.91. The van der Waals surface area contributed by atoms with Crippen molar-refractivity contribution >= 4 is 24.1 Å². The van der Waals surface area contributed by atoms with Gasteiger partial charge in [0.05, 0.1) is 54.9 Å². The van der Waals surface area contributed by atoms with Crippen LogP contribution in [0.4, 0.5) is 0 Å². The summed E-state index contributed by atoms with van der Waals surface area (Å²) in [6.07, 6.45) is 4.89. The summed E-state index contributed by atoms with van der Waals surface area (Å²) in [5, 5.41) is 17.6.